The molecule has 154 valence electrons. The molecule has 1 saturated heterocycles. The topological polar surface area (TPSA) is 56.8 Å². The molecule has 0 aromatic carbocycles. The Morgan fingerprint density at radius 1 is 1.04 bits per heavy atom. The van der Waals surface area contributed by atoms with Crippen LogP contribution < -0.4 is 5.32 Å². The van der Waals surface area contributed by atoms with Gasteiger partial charge in [-0.2, -0.15) is 0 Å². The van der Waals surface area contributed by atoms with Crippen molar-refractivity contribution in [3.05, 3.63) is 0 Å². The van der Waals surface area contributed by atoms with Gasteiger partial charge in [-0.3, -0.25) is 4.79 Å². The van der Waals surface area contributed by atoms with E-state index in [4.69, 9.17) is 14.2 Å². The molecule has 0 spiro atoms. The fourth-order valence-corrected chi connectivity index (χ4v) is 5.46. The zero-order valence-electron chi connectivity index (χ0n) is 16.5. The Balaban J connectivity index is 1.73. The summed E-state index contributed by atoms with van der Waals surface area (Å²) in [7, 11) is 3.99. The van der Waals surface area contributed by atoms with Gasteiger partial charge in [-0.1, -0.05) is 41.9 Å². The fourth-order valence-electron chi connectivity index (χ4n) is 2.43. The number of hydrogen-bond donors (Lipinski definition) is 1. The standard InChI is InChI=1S/C19H37NO4S2/c1-17(2)7-10-22-12-14-24-15-13-23-11-9-20-19(21)6-4-3-5-18-8-16-25-26-18/h17-18H,3-16H2,1-2H3,(H,20,21). The largest absolute Gasteiger partial charge is 0.379 e. The molecular formula is C19H37NO4S2. The summed E-state index contributed by atoms with van der Waals surface area (Å²) < 4.78 is 16.4. The second-order valence-corrected chi connectivity index (χ2v) is 9.73. The maximum Gasteiger partial charge on any atom is 0.220 e. The van der Waals surface area contributed by atoms with Crippen molar-refractivity contribution in [2.24, 2.45) is 5.92 Å². The first-order valence-electron chi connectivity index (χ1n) is 9.96. The molecular weight excluding hydrogens is 370 g/mol. The summed E-state index contributed by atoms with van der Waals surface area (Å²) in [5.41, 5.74) is 0. The van der Waals surface area contributed by atoms with Crippen molar-refractivity contribution < 1.29 is 19.0 Å². The minimum atomic E-state index is 0.136. The Bertz CT molecular complexity index is 340. The summed E-state index contributed by atoms with van der Waals surface area (Å²) in [6.45, 7) is 8.66. The van der Waals surface area contributed by atoms with Gasteiger partial charge in [0.25, 0.3) is 0 Å². The highest BCUT2D eigenvalue weighted by atomic mass is 33.1. The van der Waals surface area contributed by atoms with E-state index in [0.29, 0.717) is 51.9 Å². The van der Waals surface area contributed by atoms with Gasteiger partial charge >= 0.3 is 0 Å². The number of carbonyl (C=O) groups excluding carboxylic acids is 1. The molecule has 26 heavy (non-hydrogen) atoms. The Kier molecular flexibility index (Phi) is 15.9. The van der Waals surface area contributed by atoms with Gasteiger partial charge in [0.05, 0.1) is 33.0 Å². The van der Waals surface area contributed by atoms with Crippen LogP contribution in [-0.4, -0.2) is 63.1 Å². The van der Waals surface area contributed by atoms with Gasteiger partial charge in [-0.25, -0.2) is 0 Å². The minimum absolute atomic E-state index is 0.136. The highest BCUT2D eigenvalue weighted by Gasteiger charge is 2.15. The van der Waals surface area contributed by atoms with E-state index < -0.39 is 0 Å². The zero-order chi connectivity index (χ0) is 18.9. The average Bonchev–Trinajstić information content (AvgIpc) is 3.13. The molecule has 7 heteroatoms. The smallest absolute Gasteiger partial charge is 0.220 e. The van der Waals surface area contributed by atoms with Crippen LogP contribution in [0.15, 0.2) is 0 Å². The van der Waals surface area contributed by atoms with Crippen molar-refractivity contribution in [3.63, 3.8) is 0 Å². The Hall–Kier alpha value is 0.0500. The van der Waals surface area contributed by atoms with Gasteiger partial charge in [-0.15, -0.1) is 0 Å². The quantitative estimate of drug-likeness (QED) is 0.291. The van der Waals surface area contributed by atoms with Crippen LogP contribution in [0.5, 0.6) is 0 Å². The highest BCUT2D eigenvalue weighted by molar-refractivity contribution is 8.77. The van der Waals surface area contributed by atoms with Crippen LogP contribution in [0.1, 0.15) is 52.4 Å². The van der Waals surface area contributed by atoms with Crippen molar-refractivity contribution in [3.8, 4) is 0 Å². The van der Waals surface area contributed by atoms with E-state index in [1.165, 1.54) is 18.6 Å². The van der Waals surface area contributed by atoms with E-state index in [-0.39, 0.29) is 5.91 Å². The molecule has 1 atom stereocenters. The Morgan fingerprint density at radius 2 is 1.73 bits per heavy atom. The molecule has 5 nitrogen and oxygen atoms in total. The van der Waals surface area contributed by atoms with Crippen molar-refractivity contribution >= 4 is 27.5 Å². The second kappa shape index (κ2) is 17.2. The van der Waals surface area contributed by atoms with Gasteiger partial charge in [0.1, 0.15) is 0 Å². The molecule has 0 aliphatic carbocycles. The van der Waals surface area contributed by atoms with Crippen molar-refractivity contribution in [2.75, 3.05) is 51.9 Å². The van der Waals surface area contributed by atoms with Crippen LogP contribution >= 0.6 is 21.6 Å². The predicted octanol–water partition coefficient (Wildman–Crippen LogP) is 3.91. The molecule has 1 aliphatic heterocycles. The van der Waals surface area contributed by atoms with Gasteiger partial charge in [-0.05, 0) is 31.6 Å². The average molecular weight is 408 g/mol. The summed E-state index contributed by atoms with van der Waals surface area (Å²) >= 11 is 0. The highest BCUT2D eigenvalue weighted by Crippen LogP contribution is 2.39. The maximum atomic E-state index is 11.7. The molecule has 1 fully saturated rings. The third-order valence-electron chi connectivity index (χ3n) is 4.06. The number of rotatable bonds is 17. The van der Waals surface area contributed by atoms with Gasteiger partial charge in [0.15, 0.2) is 0 Å². The van der Waals surface area contributed by atoms with Crippen LogP contribution in [0.3, 0.4) is 0 Å². The van der Waals surface area contributed by atoms with Crippen LogP contribution in [0.4, 0.5) is 0 Å². The maximum absolute atomic E-state index is 11.7. The minimum Gasteiger partial charge on any atom is -0.379 e. The fraction of sp³-hybridized carbons (Fsp3) is 0.947. The third kappa shape index (κ3) is 15.1. The molecule has 1 N–H and O–H groups in total. The number of nitrogens with one attached hydrogen (secondary N) is 1. The van der Waals surface area contributed by atoms with Gasteiger partial charge in [0.2, 0.25) is 5.91 Å². The summed E-state index contributed by atoms with van der Waals surface area (Å²) in [5.74, 6) is 2.10. The molecule has 0 bridgehead atoms. The first-order chi connectivity index (χ1) is 12.7. The number of hydrogen-bond acceptors (Lipinski definition) is 6. The third-order valence-corrected chi connectivity index (χ3v) is 7.07. The number of unbranched alkanes of at least 4 members (excludes halogenated alkanes) is 1. The molecule has 1 aliphatic rings. The molecule has 1 rings (SSSR count). The van der Waals surface area contributed by atoms with E-state index in [1.54, 1.807) is 0 Å². The summed E-state index contributed by atoms with van der Waals surface area (Å²) in [6, 6.07) is 0. The lowest BCUT2D eigenvalue weighted by molar-refractivity contribution is -0.121. The second-order valence-electron chi connectivity index (χ2n) is 6.94. The summed E-state index contributed by atoms with van der Waals surface area (Å²) in [6.07, 6.45) is 6.44. The number of carbonyl (C=O) groups is 1. The van der Waals surface area contributed by atoms with Crippen LogP contribution in [0.25, 0.3) is 0 Å². The van der Waals surface area contributed by atoms with Crippen LogP contribution in [0, 0.1) is 5.92 Å². The molecule has 1 amide bonds. The van der Waals surface area contributed by atoms with Gasteiger partial charge < -0.3 is 19.5 Å². The summed E-state index contributed by atoms with van der Waals surface area (Å²) in [5, 5.41) is 3.72. The van der Waals surface area contributed by atoms with Crippen LogP contribution in [0.2, 0.25) is 0 Å². The molecule has 0 aromatic heterocycles. The summed E-state index contributed by atoms with van der Waals surface area (Å²) in [4.78, 5) is 11.7. The molecule has 1 heterocycles. The monoisotopic (exact) mass is 407 g/mol. The normalized spacial score (nSPS) is 17.1. The van der Waals surface area contributed by atoms with E-state index in [9.17, 15) is 4.79 Å². The lowest BCUT2D eigenvalue weighted by Crippen LogP contribution is -2.27. The molecule has 1 unspecified atom stereocenters. The van der Waals surface area contributed by atoms with Crippen molar-refractivity contribution in [2.45, 2.75) is 57.6 Å². The van der Waals surface area contributed by atoms with E-state index >= 15 is 0 Å². The van der Waals surface area contributed by atoms with Crippen molar-refractivity contribution in [1.82, 2.24) is 5.32 Å². The lowest BCUT2D eigenvalue weighted by atomic mass is 10.1. The van der Waals surface area contributed by atoms with Crippen molar-refractivity contribution in [1.29, 1.82) is 0 Å². The first kappa shape index (κ1) is 24.1. The SMILES string of the molecule is CC(C)CCOCCOCCOCCNC(=O)CCCCC1CCSS1. The first-order valence-corrected chi connectivity index (χ1v) is 12.3. The Morgan fingerprint density at radius 3 is 2.38 bits per heavy atom. The van der Waals surface area contributed by atoms with E-state index in [1.807, 2.05) is 21.6 Å². The zero-order valence-corrected chi connectivity index (χ0v) is 18.1. The molecule has 0 radical (unpaired) electrons. The van der Waals surface area contributed by atoms with Gasteiger partial charge in [0, 0.05) is 30.6 Å². The molecule has 0 aromatic rings. The number of amides is 1. The van der Waals surface area contributed by atoms with E-state index in [2.05, 4.69) is 19.2 Å². The Labute approximate surface area is 167 Å². The molecule has 0 saturated carbocycles. The lowest BCUT2D eigenvalue weighted by Gasteiger charge is -2.09. The number of ether oxygens (including phenoxy) is 3. The predicted molar refractivity (Wildman–Crippen MR) is 112 cm³/mol. The van der Waals surface area contributed by atoms with Crippen LogP contribution in [-0.2, 0) is 19.0 Å². The van der Waals surface area contributed by atoms with E-state index in [0.717, 1.165) is 31.1 Å².